The molecule has 1 aliphatic heterocycles. The zero-order valence-electron chi connectivity index (χ0n) is 17.0. The number of ether oxygens (including phenoxy) is 2. The van der Waals surface area contributed by atoms with Crippen LogP contribution in [0.3, 0.4) is 0 Å². The summed E-state index contributed by atoms with van der Waals surface area (Å²) in [6.07, 6.45) is 2.22. The smallest absolute Gasteiger partial charge is 0.224 e. The second-order valence-corrected chi connectivity index (χ2v) is 6.76. The van der Waals surface area contributed by atoms with Crippen molar-refractivity contribution in [2.45, 2.75) is 32.7 Å². The monoisotopic (exact) mass is 396 g/mol. The Morgan fingerprint density at radius 3 is 2.62 bits per heavy atom. The number of hydrogen-bond acceptors (Lipinski definition) is 4. The molecule has 1 amide bonds. The highest BCUT2D eigenvalue weighted by Crippen LogP contribution is 2.32. The molecule has 0 saturated carbocycles. The third-order valence-electron chi connectivity index (χ3n) is 4.38. The molecule has 1 heterocycles. The SMILES string of the molecule is CCCC(=O)Nc1cccc(CNC(=NC)Nc2ccc3c(c2)OCCCO3)c1. The van der Waals surface area contributed by atoms with E-state index in [9.17, 15) is 4.79 Å². The van der Waals surface area contributed by atoms with Crippen LogP contribution >= 0.6 is 0 Å². The van der Waals surface area contributed by atoms with Crippen molar-refractivity contribution in [3.05, 3.63) is 48.0 Å². The summed E-state index contributed by atoms with van der Waals surface area (Å²) in [5, 5.41) is 9.47. The number of nitrogens with one attached hydrogen (secondary N) is 3. The van der Waals surface area contributed by atoms with E-state index in [0.29, 0.717) is 32.1 Å². The fourth-order valence-corrected chi connectivity index (χ4v) is 2.95. The van der Waals surface area contributed by atoms with Gasteiger partial charge >= 0.3 is 0 Å². The predicted molar refractivity (Wildman–Crippen MR) is 116 cm³/mol. The fourth-order valence-electron chi connectivity index (χ4n) is 2.95. The lowest BCUT2D eigenvalue weighted by Gasteiger charge is -2.14. The molecule has 2 aromatic rings. The third-order valence-corrected chi connectivity index (χ3v) is 4.38. The van der Waals surface area contributed by atoms with Crippen molar-refractivity contribution < 1.29 is 14.3 Å². The molecule has 2 aromatic carbocycles. The normalized spacial score (nSPS) is 13.4. The minimum atomic E-state index is 0.0319. The largest absolute Gasteiger partial charge is 0.490 e. The fraction of sp³-hybridized carbons (Fsp3) is 0.364. The first kappa shape index (κ1) is 20.5. The quantitative estimate of drug-likeness (QED) is 0.511. The van der Waals surface area contributed by atoms with Crippen molar-refractivity contribution in [3.63, 3.8) is 0 Å². The molecular weight excluding hydrogens is 368 g/mol. The second kappa shape index (κ2) is 10.4. The van der Waals surface area contributed by atoms with Gasteiger partial charge in [-0.1, -0.05) is 19.1 Å². The van der Waals surface area contributed by atoms with Crippen LogP contribution in [0.5, 0.6) is 11.5 Å². The number of aliphatic imine (C=N–C) groups is 1. The van der Waals surface area contributed by atoms with Crippen LogP contribution in [-0.2, 0) is 11.3 Å². The first-order valence-corrected chi connectivity index (χ1v) is 9.94. The molecule has 3 rings (SSSR count). The van der Waals surface area contributed by atoms with Crippen molar-refractivity contribution in [3.8, 4) is 11.5 Å². The van der Waals surface area contributed by atoms with Gasteiger partial charge < -0.3 is 25.4 Å². The molecule has 3 N–H and O–H groups in total. The summed E-state index contributed by atoms with van der Waals surface area (Å²) in [5.74, 6) is 2.17. The van der Waals surface area contributed by atoms with E-state index in [1.807, 2.05) is 49.4 Å². The highest BCUT2D eigenvalue weighted by atomic mass is 16.5. The Labute approximate surface area is 171 Å². The van der Waals surface area contributed by atoms with Crippen molar-refractivity contribution in [2.24, 2.45) is 4.99 Å². The second-order valence-electron chi connectivity index (χ2n) is 6.76. The number of benzene rings is 2. The van der Waals surface area contributed by atoms with E-state index in [0.717, 1.165) is 41.3 Å². The average Bonchev–Trinajstić information content (AvgIpc) is 2.96. The maximum Gasteiger partial charge on any atom is 0.224 e. The van der Waals surface area contributed by atoms with Gasteiger partial charge in [0.15, 0.2) is 17.5 Å². The maximum atomic E-state index is 11.8. The summed E-state index contributed by atoms with van der Waals surface area (Å²) in [5.41, 5.74) is 2.71. The number of fused-ring (bicyclic) bond motifs is 1. The number of guanidine groups is 1. The molecule has 0 radical (unpaired) electrons. The lowest BCUT2D eigenvalue weighted by Crippen LogP contribution is -2.30. The van der Waals surface area contributed by atoms with Crippen molar-refractivity contribution in [1.29, 1.82) is 0 Å². The number of carbonyl (C=O) groups excluding carboxylic acids is 1. The summed E-state index contributed by atoms with van der Waals surface area (Å²) in [7, 11) is 1.72. The van der Waals surface area contributed by atoms with E-state index >= 15 is 0 Å². The first-order valence-electron chi connectivity index (χ1n) is 9.94. The van der Waals surface area contributed by atoms with Crippen LogP contribution < -0.4 is 25.4 Å². The number of hydrogen-bond donors (Lipinski definition) is 3. The number of rotatable bonds is 6. The van der Waals surface area contributed by atoms with Crippen LogP contribution in [0.1, 0.15) is 31.7 Å². The zero-order valence-corrected chi connectivity index (χ0v) is 17.0. The van der Waals surface area contributed by atoms with Crippen LogP contribution in [0.4, 0.5) is 11.4 Å². The van der Waals surface area contributed by atoms with Gasteiger partial charge in [0, 0.05) is 43.9 Å². The van der Waals surface area contributed by atoms with E-state index < -0.39 is 0 Å². The summed E-state index contributed by atoms with van der Waals surface area (Å²) in [4.78, 5) is 16.1. The van der Waals surface area contributed by atoms with Crippen LogP contribution in [0.2, 0.25) is 0 Å². The lowest BCUT2D eigenvalue weighted by atomic mass is 10.2. The summed E-state index contributed by atoms with van der Waals surface area (Å²) < 4.78 is 11.4. The molecule has 29 heavy (non-hydrogen) atoms. The summed E-state index contributed by atoms with van der Waals surface area (Å²) in [6.45, 7) is 3.87. The predicted octanol–water partition coefficient (Wildman–Crippen LogP) is 3.77. The first-order chi connectivity index (χ1) is 14.2. The van der Waals surface area contributed by atoms with Gasteiger partial charge in [-0.25, -0.2) is 0 Å². The Kier molecular flexibility index (Phi) is 7.33. The molecule has 0 aromatic heterocycles. The summed E-state index contributed by atoms with van der Waals surface area (Å²) >= 11 is 0. The van der Waals surface area contributed by atoms with Crippen molar-refractivity contribution in [2.75, 3.05) is 30.9 Å². The third kappa shape index (κ3) is 6.14. The van der Waals surface area contributed by atoms with Crippen molar-refractivity contribution >= 4 is 23.2 Å². The molecule has 154 valence electrons. The van der Waals surface area contributed by atoms with Gasteiger partial charge in [0.1, 0.15) is 0 Å². The molecule has 7 nitrogen and oxygen atoms in total. The molecular formula is C22H28N4O3. The Morgan fingerprint density at radius 2 is 1.83 bits per heavy atom. The molecule has 0 saturated heterocycles. The molecule has 0 aliphatic carbocycles. The molecule has 7 heteroatoms. The Morgan fingerprint density at radius 1 is 1.03 bits per heavy atom. The molecule has 0 bridgehead atoms. The van der Waals surface area contributed by atoms with Gasteiger partial charge in [-0.05, 0) is 36.2 Å². The van der Waals surface area contributed by atoms with Crippen molar-refractivity contribution in [1.82, 2.24) is 5.32 Å². The molecule has 0 atom stereocenters. The number of nitrogens with zero attached hydrogens (tertiary/aromatic N) is 1. The van der Waals surface area contributed by atoms with Crippen LogP contribution in [0.25, 0.3) is 0 Å². The summed E-state index contributed by atoms with van der Waals surface area (Å²) in [6, 6.07) is 13.5. The number of amides is 1. The average molecular weight is 396 g/mol. The zero-order chi connectivity index (χ0) is 20.5. The minimum Gasteiger partial charge on any atom is -0.490 e. The number of anilines is 2. The standard InChI is InChI=1S/C22H28N4O3/c1-3-6-21(27)25-17-8-4-7-16(13-17)15-24-22(23-2)26-18-9-10-19-20(14-18)29-12-5-11-28-19/h4,7-10,13-14H,3,5-6,11-12,15H2,1-2H3,(H,25,27)(H2,23,24,26). The lowest BCUT2D eigenvalue weighted by molar-refractivity contribution is -0.116. The van der Waals surface area contributed by atoms with Gasteiger partial charge in [0.25, 0.3) is 0 Å². The van der Waals surface area contributed by atoms with E-state index in [-0.39, 0.29) is 5.91 Å². The van der Waals surface area contributed by atoms with Crippen LogP contribution in [0, 0.1) is 0 Å². The van der Waals surface area contributed by atoms with E-state index in [1.54, 1.807) is 7.05 Å². The van der Waals surface area contributed by atoms with Crippen LogP contribution in [-0.4, -0.2) is 32.1 Å². The van der Waals surface area contributed by atoms with Crippen LogP contribution in [0.15, 0.2) is 47.5 Å². The molecule has 0 unspecified atom stereocenters. The minimum absolute atomic E-state index is 0.0319. The number of carbonyl (C=O) groups is 1. The van der Waals surface area contributed by atoms with Gasteiger partial charge in [0.2, 0.25) is 5.91 Å². The van der Waals surface area contributed by atoms with E-state index in [1.165, 1.54) is 0 Å². The van der Waals surface area contributed by atoms with Gasteiger partial charge in [-0.15, -0.1) is 0 Å². The molecule has 0 fully saturated rings. The van der Waals surface area contributed by atoms with E-state index in [2.05, 4.69) is 20.9 Å². The molecule has 0 spiro atoms. The Balaban J connectivity index is 1.58. The van der Waals surface area contributed by atoms with Gasteiger partial charge in [-0.3, -0.25) is 9.79 Å². The molecule has 1 aliphatic rings. The van der Waals surface area contributed by atoms with E-state index in [4.69, 9.17) is 9.47 Å². The topological polar surface area (TPSA) is 84.0 Å². The maximum absolute atomic E-state index is 11.8. The highest BCUT2D eigenvalue weighted by Gasteiger charge is 2.11. The van der Waals surface area contributed by atoms with Gasteiger partial charge in [-0.2, -0.15) is 0 Å². The Bertz CT molecular complexity index is 867. The highest BCUT2D eigenvalue weighted by molar-refractivity contribution is 5.94. The van der Waals surface area contributed by atoms with Gasteiger partial charge in [0.05, 0.1) is 13.2 Å². The Hall–Kier alpha value is -3.22.